The lowest BCUT2D eigenvalue weighted by Crippen LogP contribution is -2.64. The number of rotatable bonds is 2. The minimum Gasteiger partial charge on any atom is -0.480 e. The fourth-order valence-corrected chi connectivity index (χ4v) is 5.87. The highest BCUT2D eigenvalue weighted by molar-refractivity contribution is 7.92. The van der Waals surface area contributed by atoms with Crippen LogP contribution in [0.15, 0.2) is 0 Å². The summed E-state index contributed by atoms with van der Waals surface area (Å²) in [6, 6.07) is 0. The number of carboxylic acids is 1. The van der Waals surface area contributed by atoms with Crippen molar-refractivity contribution in [2.24, 2.45) is 0 Å². The van der Waals surface area contributed by atoms with Gasteiger partial charge < -0.3 is 15.2 Å². The normalized spacial score (nSPS) is 33.8. The van der Waals surface area contributed by atoms with E-state index < -0.39 is 43.5 Å². The van der Waals surface area contributed by atoms with Gasteiger partial charge in [-0.1, -0.05) is 6.42 Å². The summed E-state index contributed by atoms with van der Waals surface area (Å²) in [5, 5.41) is 10.6. The number of fused-ring (bicyclic) bond motifs is 2. The maximum Gasteiger partial charge on any atom is 0.408 e. The van der Waals surface area contributed by atoms with E-state index in [9.17, 15) is 23.1 Å². The number of alkyl carbamates (subject to hydrolysis) is 1. The van der Waals surface area contributed by atoms with Crippen molar-refractivity contribution >= 4 is 21.9 Å². The SMILES string of the molecule is CC(C)(C)OC(=O)NC1(C(=O)O)CC2CCCC(C1)S2(=O)=O. The predicted octanol–water partition coefficient (Wildman–Crippen LogP) is 1.46. The summed E-state index contributed by atoms with van der Waals surface area (Å²) < 4.78 is 29.7. The summed E-state index contributed by atoms with van der Waals surface area (Å²) in [4.78, 5) is 23.7. The van der Waals surface area contributed by atoms with Crippen LogP contribution in [0.1, 0.15) is 52.9 Å². The molecular weight excluding hydrogens is 310 g/mol. The maximum atomic E-state index is 12.3. The lowest BCUT2D eigenvalue weighted by Gasteiger charge is -2.44. The first-order valence-electron chi connectivity index (χ1n) is 7.43. The molecule has 2 unspecified atom stereocenters. The minimum atomic E-state index is -3.30. The molecule has 2 fully saturated rings. The third-order valence-corrected chi connectivity index (χ3v) is 6.95. The molecule has 0 aliphatic carbocycles. The molecule has 22 heavy (non-hydrogen) atoms. The van der Waals surface area contributed by atoms with Gasteiger partial charge in [0, 0.05) is 0 Å². The highest BCUT2D eigenvalue weighted by Gasteiger charge is 2.55. The van der Waals surface area contributed by atoms with Gasteiger partial charge in [0.2, 0.25) is 0 Å². The molecular formula is C14H23NO6S. The van der Waals surface area contributed by atoms with Crippen LogP contribution < -0.4 is 5.32 Å². The number of hydrogen-bond donors (Lipinski definition) is 2. The zero-order valence-electron chi connectivity index (χ0n) is 13.1. The highest BCUT2D eigenvalue weighted by atomic mass is 32.2. The van der Waals surface area contributed by atoms with E-state index >= 15 is 0 Å². The summed E-state index contributed by atoms with van der Waals surface area (Å²) >= 11 is 0. The first kappa shape index (κ1) is 17.1. The van der Waals surface area contributed by atoms with Gasteiger partial charge in [-0.2, -0.15) is 0 Å². The van der Waals surface area contributed by atoms with Crippen LogP contribution in [0.3, 0.4) is 0 Å². The standard InChI is InChI=1S/C14H23NO6S/c1-13(2,3)21-12(18)15-14(11(16)17)7-9-5-4-6-10(8-14)22(9,19)20/h9-10H,4-8H2,1-3H3,(H,15,18)(H,16,17). The van der Waals surface area contributed by atoms with Gasteiger partial charge in [-0.3, -0.25) is 0 Å². The molecule has 2 N–H and O–H groups in total. The van der Waals surface area contributed by atoms with E-state index in [1.54, 1.807) is 20.8 Å². The van der Waals surface area contributed by atoms with Crippen molar-refractivity contribution in [3.05, 3.63) is 0 Å². The summed E-state index contributed by atoms with van der Waals surface area (Å²) in [7, 11) is -3.30. The lowest BCUT2D eigenvalue weighted by atomic mass is 9.82. The van der Waals surface area contributed by atoms with E-state index in [4.69, 9.17) is 4.74 Å². The molecule has 2 atom stereocenters. The fourth-order valence-electron chi connectivity index (χ4n) is 3.30. The Kier molecular flexibility index (Phi) is 4.18. The molecule has 2 saturated heterocycles. The van der Waals surface area contributed by atoms with Crippen LogP contribution in [0, 0.1) is 0 Å². The van der Waals surface area contributed by atoms with Crippen molar-refractivity contribution < 1.29 is 27.9 Å². The van der Waals surface area contributed by atoms with Gasteiger partial charge in [0.1, 0.15) is 11.1 Å². The average molecular weight is 333 g/mol. The Labute approximate surface area is 130 Å². The van der Waals surface area contributed by atoms with E-state index in [2.05, 4.69) is 5.32 Å². The maximum absolute atomic E-state index is 12.3. The molecule has 0 aromatic heterocycles. The molecule has 2 rings (SSSR count). The number of carbonyl (C=O) groups excluding carboxylic acids is 1. The topological polar surface area (TPSA) is 110 Å². The van der Waals surface area contributed by atoms with Crippen molar-refractivity contribution in [2.45, 2.75) is 74.5 Å². The van der Waals surface area contributed by atoms with Crippen LogP contribution in [0.5, 0.6) is 0 Å². The molecule has 0 saturated carbocycles. The zero-order chi connectivity index (χ0) is 16.8. The van der Waals surface area contributed by atoms with Gasteiger partial charge in [-0.05, 0) is 46.5 Å². The molecule has 0 aromatic rings. The second-order valence-electron chi connectivity index (χ2n) is 7.19. The molecule has 126 valence electrons. The Morgan fingerprint density at radius 1 is 1.18 bits per heavy atom. The number of nitrogens with one attached hydrogen (secondary N) is 1. The van der Waals surface area contributed by atoms with E-state index in [0.29, 0.717) is 12.8 Å². The largest absolute Gasteiger partial charge is 0.480 e. The number of carboxylic acid groups (broad SMARTS) is 1. The van der Waals surface area contributed by atoms with E-state index in [1.807, 2.05) is 0 Å². The lowest BCUT2D eigenvalue weighted by molar-refractivity contribution is -0.146. The van der Waals surface area contributed by atoms with Crippen LogP contribution in [-0.4, -0.2) is 47.2 Å². The Morgan fingerprint density at radius 3 is 2.09 bits per heavy atom. The van der Waals surface area contributed by atoms with Crippen LogP contribution >= 0.6 is 0 Å². The zero-order valence-corrected chi connectivity index (χ0v) is 13.9. The van der Waals surface area contributed by atoms with Crippen LogP contribution in [0.2, 0.25) is 0 Å². The van der Waals surface area contributed by atoms with Crippen molar-refractivity contribution in [2.75, 3.05) is 0 Å². The smallest absolute Gasteiger partial charge is 0.408 e. The molecule has 7 nitrogen and oxygen atoms in total. The molecule has 2 bridgehead atoms. The molecule has 2 aliphatic rings. The molecule has 8 heteroatoms. The third-order valence-electron chi connectivity index (χ3n) is 4.28. The highest BCUT2D eigenvalue weighted by Crippen LogP contribution is 2.41. The number of aliphatic carboxylic acids is 1. The van der Waals surface area contributed by atoms with E-state index in [-0.39, 0.29) is 12.8 Å². The summed E-state index contributed by atoms with van der Waals surface area (Å²) in [6.45, 7) is 5.04. The molecule has 0 spiro atoms. The number of carbonyl (C=O) groups is 2. The van der Waals surface area contributed by atoms with E-state index in [1.165, 1.54) is 0 Å². The number of hydrogen-bond acceptors (Lipinski definition) is 5. The van der Waals surface area contributed by atoms with Crippen molar-refractivity contribution in [3.8, 4) is 0 Å². The first-order chi connectivity index (χ1) is 9.96. The van der Waals surface area contributed by atoms with Gasteiger partial charge in [0.15, 0.2) is 9.84 Å². The van der Waals surface area contributed by atoms with E-state index in [0.717, 1.165) is 6.42 Å². The number of ether oxygens (including phenoxy) is 1. The average Bonchev–Trinajstić information content (AvgIpc) is 2.27. The van der Waals surface area contributed by atoms with Crippen molar-refractivity contribution in [1.82, 2.24) is 5.32 Å². The Bertz CT molecular complexity index is 557. The van der Waals surface area contributed by atoms with Crippen molar-refractivity contribution in [1.29, 1.82) is 0 Å². The molecule has 2 heterocycles. The van der Waals surface area contributed by atoms with Gasteiger partial charge in [0.05, 0.1) is 10.5 Å². The first-order valence-corrected chi connectivity index (χ1v) is 9.04. The van der Waals surface area contributed by atoms with Crippen LogP contribution in [0.4, 0.5) is 4.79 Å². The second-order valence-corrected chi connectivity index (χ2v) is 9.70. The van der Waals surface area contributed by atoms with Crippen molar-refractivity contribution in [3.63, 3.8) is 0 Å². The minimum absolute atomic E-state index is 0.0968. The Balaban J connectivity index is 2.24. The second kappa shape index (κ2) is 5.40. The summed E-state index contributed by atoms with van der Waals surface area (Å²) in [5.74, 6) is -1.20. The molecule has 0 aromatic carbocycles. The third kappa shape index (κ3) is 3.21. The van der Waals surface area contributed by atoms with Crippen LogP contribution in [0.25, 0.3) is 0 Å². The summed E-state index contributed by atoms with van der Waals surface area (Å²) in [6.07, 6.45) is 0.651. The van der Waals surface area contributed by atoms with Crippen LogP contribution in [-0.2, 0) is 19.4 Å². The van der Waals surface area contributed by atoms with Gasteiger partial charge in [-0.15, -0.1) is 0 Å². The monoisotopic (exact) mass is 333 g/mol. The van der Waals surface area contributed by atoms with Gasteiger partial charge in [0.25, 0.3) is 0 Å². The Hall–Kier alpha value is -1.31. The molecule has 2 aliphatic heterocycles. The number of sulfone groups is 1. The summed E-state index contributed by atoms with van der Waals surface area (Å²) in [5.41, 5.74) is -2.32. The molecule has 1 amide bonds. The quantitative estimate of drug-likeness (QED) is 0.792. The fraction of sp³-hybridized carbons (Fsp3) is 0.857. The number of amides is 1. The predicted molar refractivity (Wildman–Crippen MR) is 79.3 cm³/mol. The van der Waals surface area contributed by atoms with Gasteiger partial charge >= 0.3 is 12.1 Å². The van der Waals surface area contributed by atoms with Gasteiger partial charge in [-0.25, -0.2) is 18.0 Å². The Morgan fingerprint density at radius 2 is 1.68 bits per heavy atom. The molecule has 0 radical (unpaired) electrons.